The van der Waals surface area contributed by atoms with Crippen molar-refractivity contribution in [2.45, 2.75) is 20.0 Å². The SMILES string of the molecule is CCN(CC[N+](C)(C)C[C@H](C)O)c1ccc(N=Nc2ccc([N+](=O)[O-])cc2Cl)cc1. The minimum atomic E-state index is -0.505. The lowest BCUT2D eigenvalue weighted by Gasteiger charge is -2.34. The predicted molar refractivity (Wildman–Crippen MR) is 120 cm³/mol. The van der Waals surface area contributed by atoms with Crippen molar-refractivity contribution >= 4 is 34.4 Å². The summed E-state index contributed by atoms with van der Waals surface area (Å²) in [6, 6.07) is 11.8. The zero-order chi connectivity index (χ0) is 22.3. The smallest absolute Gasteiger partial charge is 0.271 e. The number of hydrogen-bond donors (Lipinski definition) is 1. The number of aliphatic hydroxyl groups is 1. The average molecular weight is 435 g/mol. The van der Waals surface area contributed by atoms with Gasteiger partial charge in [0.1, 0.15) is 18.3 Å². The van der Waals surface area contributed by atoms with Crippen LogP contribution in [0.3, 0.4) is 0 Å². The molecule has 0 aromatic heterocycles. The maximum absolute atomic E-state index is 10.8. The van der Waals surface area contributed by atoms with Gasteiger partial charge >= 0.3 is 0 Å². The van der Waals surface area contributed by atoms with E-state index in [9.17, 15) is 15.2 Å². The van der Waals surface area contributed by atoms with E-state index in [4.69, 9.17) is 11.6 Å². The van der Waals surface area contributed by atoms with Gasteiger partial charge in [-0.05, 0) is 44.2 Å². The van der Waals surface area contributed by atoms with Crippen LogP contribution in [0.25, 0.3) is 0 Å². The number of halogens is 1. The van der Waals surface area contributed by atoms with E-state index in [1.807, 2.05) is 31.2 Å². The molecule has 0 bridgehead atoms. The van der Waals surface area contributed by atoms with E-state index < -0.39 is 4.92 Å². The van der Waals surface area contributed by atoms with Gasteiger partial charge in [0.25, 0.3) is 5.69 Å². The van der Waals surface area contributed by atoms with E-state index in [2.05, 4.69) is 36.1 Å². The van der Waals surface area contributed by atoms with Gasteiger partial charge in [0.05, 0.1) is 42.8 Å². The lowest BCUT2D eigenvalue weighted by atomic mass is 10.2. The number of hydrogen-bond acceptors (Lipinski definition) is 6. The highest BCUT2D eigenvalue weighted by molar-refractivity contribution is 6.33. The maximum Gasteiger partial charge on any atom is 0.271 e. The molecule has 0 amide bonds. The van der Waals surface area contributed by atoms with Crippen LogP contribution < -0.4 is 4.90 Å². The highest BCUT2D eigenvalue weighted by atomic mass is 35.5. The van der Waals surface area contributed by atoms with E-state index >= 15 is 0 Å². The first-order chi connectivity index (χ1) is 14.1. The van der Waals surface area contributed by atoms with Crippen LogP contribution in [0.5, 0.6) is 0 Å². The number of likely N-dealkylation sites (N-methyl/N-ethyl adjacent to an activating group) is 2. The summed E-state index contributed by atoms with van der Waals surface area (Å²) in [5.74, 6) is 0. The van der Waals surface area contributed by atoms with Crippen LogP contribution in [0.4, 0.5) is 22.7 Å². The zero-order valence-electron chi connectivity index (χ0n) is 17.8. The van der Waals surface area contributed by atoms with Crippen LogP contribution in [0.1, 0.15) is 13.8 Å². The first-order valence-corrected chi connectivity index (χ1v) is 10.2. The quantitative estimate of drug-likeness (QED) is 0.248. The molecule has 0 aliphatic heterocycles. The molecule has 0 radical (unpaired) electrons. The molecule has 0 spiro atoms. The first-order valence-electron chi connectivity index (χ1n) is 9.82. The Bertz CT molecular complexity index is 885. The molecule has 2 aromatic rings. The third-order valence-corrected chi connectivity index (χ3v) is 5.05. The Hall–Kier alpha value is -2.55. The number of quaternary nitrogens is 1. The summed E-state index contributed by atoms with van der Waals surface area (Å²) >= 11 is 6.05. The lowest BCUT2D eigenvalue weighted by Crippen LogP contribution is -2.49. The highest BCUT2D eigenvalue weighted by Crippen LogP contribution is 2.30. The van der Waals surface area contributed by atoms with Crippen LogP contribution in [-0.4, -0.2) is 60.9 Å². The summed E-state index contributed by atoms with van der Waals surface area (Å²) in [5.41, 5.74) is 2.04. The van der Waals surface area contributed by atoms with Crippen molar-refractivity contribution in [2.75, 3.05) is 45.2 Å². The van der Waals surface area contributed by atoms with E-state index in [-0.39, 0.29) is 16.8 Å². The fourth-order valence-corrected chi connectivity index (χ4v) is 3.41. The topological polar surface area (TPSA) is 91.3 Å². The summed E-state index contributed by atoms with van der Waals surface area (Å²) in [7, 11) is 4.24. The minimum Gasteiger partial charge on any atom is -0.388 e. The number of aliphatic hydroxyl groups excluding tert-OH is 1. The third-order valence-electron chi connectivity index (χ3n) is 4.75. The summed E-state index contributed by atoms with van der Waals surface area (Å²) in [6.45, 7) is 7.29. The largest absolute Gasteiger partial charge is 0.388 e. The van der Waals surface area contributed by atoms with Crippen molar-refractivity contribution in [3.63, 3.8) is 0 Å². The van der Waals surface area contributed by atoms with Gasteiger partial charge in [-0.2, -0.15) is 5.11 Å². The molecule has 0 unspecified atom stereocenters. The fourth-order valence-electron chi connectivity index (χ4n) is 3.20. The summed E-state index contributed by atoms with van der Waals surface area (Å²) in [4.78, 5) is 12.5. The zero-order valence-corrected chi connectivity index (χ0v) is 18.6. The van der Waals surface area contributed by atoms with Gasteiger partial charge in [0.2, 0.25) is 0 Å². The van der Waals surface area contributed by atoms with Crippen molar-refractivity contribution in [3.8, 4) is 0 Å². The molecule has 0 fully saturated rings. The third kappa shape index (κ3) is 7.05. The number of rotatable bonds is 10. The Morgan fingerprint density at radius 1 is 1.20 bits per heavy atom. The molecule has 162 valence electrons. The molecule has 9 heteroatoms. The van der Waals surface area contributed by atoms with E-state index in [1.165, 1.54) is 18.2 Å². The molecule has 1 N–H and O–H groups in total. The van der Waals surface area contributed by atoms with Gasteiger partial charge in [-0.1, -0.05) is 11.6 Å². The van der Waals surface area contributed by atoms with Gasteiger partial charge in [0, 0.05) is 24.4 Å². The number of benzene rings is 2. The number of nitrogens with zero attached hydrogens (tertiary/aromatic N) is 5. The molecule has 30 heavy (non-hydrogen) atoms. The molecule has 8 nitrogen and oxygen atoms in total. The maximum atomic E-state index is 10.8. The molecule has 2 aromatic carbocycles. The summed E-state index contributed by atoms with van der Waals surface area (Å²) in [6.07, 6.45) is -0.330. The Morgan fingerprint density at radius 3 is 2.40 bits per heavy atom. The summed E-state index contributed by atoms with van der Waals surface area (Å²) in [5, 5.41) is 28.9. The second-order valence-corrected chi connectivity index (χ2v) is 8.29. The van der Waals surface area contributed by atoms with Gasteiger partial charge < -0.3 is 14.5 Å². The average Bonchev–Trinajstić information content (AvgIpc) is 2.67. The Morgan fingerprint density at radius 2 is 1.87 bits per heavy atom. The van der Waals surface area contributed by atoms with Gasteiger partial charge in [-0.15, -0.1) is 5.11 Å². The number of azo groups is 1. The fraction of sp³-hybridized carbons (Fsp3) is 0.429. The number of anilines is 1. The van der Waals surface area contributed by atoms with Crippen molar-refractivity contribution in [2.24, 2.45) is 10.2 Å². The van der Waals surface area contributed by atoms with Gasteiger partial charge in [0.15, 0.2) is 0 Å². The second-order valence-electron chi connectivity index (χ2n) is 7.88. The molecule has 1 atom stereocenters. The number of nitro groups is 1. The Balaban J connectivity index is 2.04. The van der Waals surface area contributed by atoms with Gasteiger partial charge in [-0.3, -0.25) is 10.1 Å². The van der Waals surface area contributed by atoms with Crippen molar-refractivity contribution < 1.29 is 14.5 Å². The van der Waals surface area contributed by atoms with Crippen LogP contribution in [0.15, 0.2) is 52.7 Å². The van der Waals surface area contributed by atoms with Crippen molar-refractivity contribution in [1.82, 2.24) is 0 Å². The van der Waals surface area contributed by atoms with Crippen molar-refractivity contribution in [1.29, 1.82) is 0 Å². The molecule has 0 heterocycles. The predicted octanol–water partition coefficient (Wildman–Crippen LogP) is 4.95. The second kappa shape index (κ2) is 10.5. The first kappa shape index (κ1) is 23.7. The number of non-ortho nitro benzene ring substituents is 1. The number of nitro benzene ring substituents is 1. The van der Waals surface area contributed by atoms with E-state index in [1.54, 1.807) is 0 Å². The highest BCUT2D eigenvalue weighted by Gasteiger charge is 2.19. The molecular weight excluding hydrogens is 406 g/mol. The normalized spacial score (nSPS) is 12.9. The van der Waals surface area contributed by atoms with E-state index in [0.717, 1.165) is 29.8 Å². The molecule has 2 rings (SSSR count). The van der Waals surface area contributed by atoms with Crippen LogP contribution in [-0.2, 0) is 0 Å². The molecule has 0 aliphatic rings. The molecule has 0 aliphatic carbocycles. The minimum absolute atomic E-state index is 0.0850. The van der Waals surface area contributed by atoms with Crippen LogP contribution in [0.2, 0.25) is 5.02 Å². The molecule has 0 saturated carbocycles. The Labute approximate surface area is 182 Å². The molecule has 0 saturated heterocycles. The van der Waals surface area contributed by atoms with E-state index in [0.29, 0.717) is 17.9 Å². The monoisotopic (exact) mass is 434 g/mol. The van der Waals surface area contributed by atoms with Crippen LogP contribution in [0, 0.1) is 10.1 Å². The van der Waals surface area contributed by atoms with Crippen molar-refractivity contribution in [3.05, 3.63) is 57.6 Å². The lowest BCUT2D eigenvalue weighted by molar-refractivity contribution is -0.891. The van der Waals surface area contributed by atoms with Crippen LogP contribution >= 0.6 is 11.6 Å². The summed E-state index contributed by atoms with van der Waals surface area (Å²) < 4.78 is 0.746. The molecular formula is C21H29ClN5O3+. The Kier molecular flexibility index (Phi) is 8.28. The standard InChI is InChI=1S/C21H29ClN5O3/c1-5-25(12-13-27(3,4)15-16(2)28)18-8-6-17(7-9-18)23-24-21-11-10-19(26(29)30)14-20(21)22/h6-11,14,16,28H,5,12-13,15H2,1-4H3/q+1/t16-/m0/s1. The van der Waals surface area contributed by atoms with Gasteiger partial charge in [-0.25, -0.2) is 0 Å².